The molecule has 0 aliphatic carbocycles. The average molecular weight is 265 g/mol. The van der Waals surface area contributed by atoms with Gasteiger partial charge in [-0.15, -0.1) is 0 Å². The molecular weight excluding hydrogens is 254 g/mol. The quantitative estimate of drug-likeness (QED) is 0.721. The number of para-hydroxylation sites is 1. The molecule has 0 aliphatic heterocycles. The summed E-state index contributed by atoms with van der Waals surface area (Å²) in [7, 11) is 1.84. The molecule has 0 saturated carbocycles. The summed E-state index contributed by atoms with van der Waals surface area (Å²) in [5.74, 6) is 0.530. The number of nitriles is 1. The maximum atomic E-state index is 9.05. The summed E-state index contributed by atoms with van der Waals surface area (Å²) in [5, 5.41) is 14.1. The summed E-state index contributed by atoms with van der Waals surface area (Å²) in [6, 6.07) is 9.70. The Hall–Kier alpha value is -2.94. The minimum absolute atomic E-state index is 0.294. The van der Waals surface area contributed by atoms with Crippen molar-refractivity contribution in [1.82, 2.24) is 15.1 Å². The van der Waals surface area contributed by atoms with Crippen molar-refractivity contribution in [2.24, 2.45) is 0 Å². The molecule has 0 bridgehead atoms. The second-order valence-electron chi connectivity index (χ2n) is 4.32. The molecule has 1 aromatic carbocycles. The van der Waals surface area contributed by atoms with Gasteiger partial charge < -0.3 is 9.42 Å². The van der Waals surface area contributed by atoms with E-state index in [9.17, 15) is 0 Å². The Morgan fingerprint density at radius 2 is 2.05 bits per heavy atom. The van der Waals surface area contributed by atoms with Gasteiger partial charge in [-0.3, -0.25) is 0 Å². The number of rotatable bonds is 3. The summed E-state index contributed by atoms with van der Waals surface area (Å²) in [6.07, 6.45) is 3.06. The molecule has 6 heteroatoms. The van der Waals surface area contributed by atoms with Crippen molar-refractivity contribution in [2.45, 2.75) is 6.54 Å². The molecule has 0 atom stereocenters. The lowest BCUT2D eigenvalue weighted by Gasteiger charge is -2.16. The lowest BCUT2D eigenvalue weighted by molar-refractivity contribution is 0.445. The summed E-state index contributed by atoms with van der Waals surface area (Å²) in [5.41, 5.74) is 1.84. The Bertz CT molecular complexity index is 789. The molecule has 0 unspecified atom stereocenters. The van der Waals surface area contributed by atoms with E-state index < -0.39 is 0 Å². The predicted octanol–water partition coefficient (Wildman–Crippen LogP) is 2.13. The number of benzene rings is 1. The minimum Gasteiger partial charge on any atom is -0.356 e. The van der Waals surface area contributed by atoms with Crippen LogP contribution in [0, 0.1) is 11.3 Å². The molecule has 0 radical (unpaired) electrons. The molecule has 98 valence electrons. The molecule has 20 heavy (non-hydrogen) atoms. The molecule has 2 aromatic heterocycles. The molecule has 0 spiro atoms. The fourth-order valence-electron chi connectivity index (χ4n) is 2.04. The van der Waals surface area contributed by atoms with E-state index in [0.717, 1.165) is 16.7 Å². The third-order valence-corrected chi connectivity index (χ3v) is 2.99. The first-order chi connectivity index (χ1) is 9.79. The van der Waals surface area contributed by atoms with Gasteiger partial charge in [0.05, 0.1) is 6.54 Å². The van der Waals surface area contributed by atoms with Gasteiger partial charge in [-0.1, -0.05) is 17.3 Å². The van der Waals surface area contributed by atoms with Crippen molar-refractivity contribution in [3.8, 4) is 6.07 Å². The van der Waals surface area contributed by atoms with Crippen LogP contribution in [0.25, 0.3) is 11.0 Å². The lowest BCUT2D eigenvalue weighted by atomic mass is 10.2. The third kappa shape index (κ3) is 2.06. The molecular formula is C14H11N5O. The Kier molecular flexibility index (Phi) is 3.01. The van der Waals surface area contributed by atoms with Crippen LogP contribution in [0.15, 0.2) is 41.2 Å². The zero-order valence-corrected chi connectivity index (χ0v) is 10.8. The molecule has 2 heterocycles. The fraction of sp³-hybridized carbons (Fsp3) is 0.143. The number of aromatic nitrogens is 3. The van der Waals surface area contributed by atoms with E-state index in [1.807, 2.05) is 42.3 Å². The summed E-state index contributed by atoms with van der Waals surface area (Å²) in [6.45, 7) is 0.490. The normalized spacial score (nSPS) is 10.4. The smallest absolute Gasteiger partial charge is 0.183 e. The first-order valence-corrected chi connectivity index (χ1v) is 6.05. The minimum atomic E-state index is 0.294. The van der Waals surface area contributed by atoms with Crippen LogP contribution in [-0.2, 0) is 6.54 Å². The van der Waals surface area contributed by atoms with Crippen LogP contribution < -0.4 is 4.90 Å². The first-order valence-electron chi connectivity index (χ1n) is 6.05. The molecule has 3 aromatic rings. The monoisotopic (exact) mass is 265 g/mol. The molecule has 0 amide bonds. The van der Waals surface area contributed by atoms with Crippen LogP contribution in [0.3, 0.4) is 0 Å². The number of hydrogen-bond donors (Lipinski definition) is 0. The zero-order valence-electron chi connectivity index (χ0n) is 10.8. The van der Waals surface area contributed by atoms with Crippen LogP contribution in [0.4, 0.5) is 5.82 Å². The zero-order chi connectivity index (χ0) is 13.9. The van der Waals surface area contributed by atoms with Crippen molar-refractivity contribution < 1.29 is 4.52 Å². The van der Waals surface area contributed by atoms with Gasteiger partial charge >= 0.3 is 0 Å². The standard InChI is InChI=1S/C14H11N5O/c1-19(14-11(8-15)16-6-7-17-14)9-12-10-4-2-3-5-13(10)20-18-12/h2-7H,9H2,1H3. The number of anilines is 1. The highest BCUT2D eigenvalue weighted by Gasteiger charge is 2.14. The van der Waals surface area contributed by atoms with E-state index in [2.05, 4.69) is 15.1 Å². The first kappa shape index (κ1) is 12.1. The van der Waals surface area contributed by atoms with Crippen molar-refractivity contribution in [2.75, 3.05) is 11.9 Å². The molecule has 0 aliphatic rings. The van der Waals surface area contributed by atoms with Gasteiger partial charge in [-0.25, -0.2) is 9.97 Å². The van der Waals surface area contributed by atoms with Gasteiger partial charge in [-0.2, -0.15) is 5.26 Å². The summed E-state index contributed by atoms with van der Waals surface area (Å²) < 4.78 is 5.26. The number of hydrogen-bond acceptors (Lipinski definition) is 6. The average Bonchev–Trinajstić information content (AvgIpc) is 2.90. The van der Waals surface area contributed by atoms with Crippen molar-refractivity contribution in [3.63, 3.8) is 0 Å². The fourth-order valence-corrected chi connectivity index (χ4v) is 2.04. The van der Waals surface area contributed by atoms with Crippen LogP contribution in [0.2, 0.25) is 0 Å². The molecule has 6 nitrogen and oxygen atoms in total. The molecule has 0 N–H and O–H groups in total. The second kappa shape index (κ2) is 4.97. The van der Waals surface area contributed by atoms with E-state index in [-0.39, 0.29) is 0 Å². The third-order valence-electron chi connectivity index (χ3n) is 2.99. The number of fused-ring (bicyclic) bond motifs is 1. The highest BCUT2D eigenvalue weighted by atomic mass is 16.5. The van der Waals surface area contributed by atoms with E-state index >= 15 is 0 Å². The van der Waals surface area contributed by atoms with Gasteiger partial charge in [0.25, 0.3) is 0 Å². The van der Waals surface area contributed by atoms with Gasteiger partial charge in [0.15, 0.2) is 17.1 Å². The van der Waals surface area contributed by atoms with Crippen molar-refractivity contribution in [3.05, 3.63) is 48.0 Å². The van der Waals surface area contributed by atoms with Crippen LogP contribution in [-0.4, -0.2) is 22.2 Å². The highest BCUT2D eigenvalue weighted by molar-refractivity contribution is 5.79. The van der Waals surface area contributed by atoms with Crippen molar-refractivity contribution in [1.29, 1.82) is 5.26 Å². The van der Waals surface area contributed by atoms with E-state index in [0.29, 0.717) is 18.1 Å². The Labute approximate surface area is 115 Å². The predicted molar refractivity (Wildman–Crippen MR) is 72.9 cm³/mol. The van der Waals surface area contributed by atoms with Crippen LogP contribution >= 0.6 is 0 Å². The van der Waals surface area contributed by atoms with Gasteiger partial charge in [0, 0.05) is 24.8 Å². The number of nitrogens with zero attached hydrogens (tertiary/aromatic N) is 5. The SMILES string of the molecule is CN(Cc1noc2ccccc12)c1nccnc1C#N. The van der Waals surface area contributed by atoms with Crippen LogP contribution in [0.5, 0.6) is 0 Å². The van der Waals surface area contributed by atoms with E-state index in [1.165, 1.54) is 6.20 Å². The molecule has 0 fully saturated rings. The van der Waals surface area contributed by atoms with Crippen molar-refractivity contribution >= 4 is 16.8 Å². The van der Waals surface area contributed by atoms with Crippen LogP contribution in [0.1, 0.15) is 11.4 Å². The topological polar surface area (TPSA) is 78.8 Å². The van der Waals surface area contributed by atoms with Gasteiger partial charge in [0.2, 0.25) is 0 Å². The Morgan fingerprint density at radius 3 is 2.90 bits per heavy atom. The van der Waals surface area contributed by atoms with Gasteiger partial charge in [-0.05, 0) is 12.1 Å². The highest BCUT2D eigenvalue weighted by Crippen LogP contribution is 2.21. The maximum Gasteiger partial charge on any atom is 0.183 e. The van der Waals surface area contributed by atoms with E-state index in [1.54, 1.807) is 6.20 Å². The molecule has 3 rings (SSSR count). The summed E-state index contributed by atoms with van der Waals surface area (Å²) in [4.78, 5) is 10.0. The second-order valence-corrected chi connectivity index (χ2v) is 4.32. The van der Waals surface area contributed by atoms with E-state index in [4.69, 9.17) is 9.78 Å². The van der Waals surface area contributed by atoms with Gasteiger partial charge in [0.1, 0.15) is 11.8 Å². The Balaban J connectivity index is 1.93. The Morgan fingerprint density at radius 1 is 1.25 bits per heavy atom. The lowest BCUT2D eigenvalue weighted by Crippen LogP contribution is -2.19. The molecule has 0 saturated heterocycles. The largest absolute Gasteiger partial charge is 0.356 e. The summed E-state index contributed by atoms with van der Waals surface area (Å²) >= 11 is 0. The maximum absolute atomic E-state index is 9.05.